The molecule has 3 rings (SSSR count). The number of carbonyl (C=O) groups is 1. The highest BCUT2D eigenvalue weighted by molar-refractivity contribution is 7.98. The Morgan fingerprint density at radius 1 is 1.04 bits per heavy atom. The van der Waals surface area contributed by atoms with Crippen LogP contribution in [0.3, 0.4) is 0 Å². The fourth-order valence-electron chi connectivity index (χ4n) is 1.85. The van der Waals surface area contributed by atoms with Gasteiger partial charge in [-0.25, -0.2) is 0 Å². The van der Waals surface area contributed by atoms with Gasteiger partial charge < -0.3 is 9.15 Å². The van der Waals surface area contributed by atoms with Gasteiger partial charge >= 0.3 is 6.01 Å². The van der Waals surface area contributed by atoms with Crippen LogP contribution in [-0.4, -0.2) is 22.7 Å². The molecule has 1 N–H and O–H groups in total. The van der Waals surface area contributed by atoms with Crippen molar-refractivity contribution < 1.29 is 13.9 Å². The first-order valence-electron chi connectivity index (χ1n) is 7.27. The Hall–Kier alpha value is -2.80. The van der Waals surface area contributed by atoms with E-state index in [4.69, 9.17) is 9.15 Å². The van der Waals surface area contributed by atoms with Gasteiger partial charge in [0.25, 0.3) is 5.91 Å². The largest absolute Gasteiger partial charge is 0.484 e. The molecule has 0 aliphatic heterocycles. The van der Waals surface area contributed by atoms with Crippen molar-refractivity contribution in [2.75, 3.05) is 11.9 Å². The second kappa shape index (κ2) is 8.16. The molecule has 0 bridgehead atoms. The van der Waals surface area contributed by atoms with Gasteiger partial charge in [-0.2, -0.15) is 0 Å². The number of anilines is 1. The number of hydrogen-bond acceptors (Lipinski definition) is 6. The molecular weight excluding hydrogens is 326 g/mol. The van der Waals surface area contributed by atoms with E-state index in [2.05, 4.69) is 15.5 Å². The number of nitrogens with one attached hydrogen (secondary N) is 1. The Kier molecular flexibility index (Phi) is 5.47. The van der Waals surface area contributed by atoms with Crippen molar-refractivity contribution in [2.24, 2.45) is 0 Å². The van der Waals surface area contributed by atoms with Crippen LogP contribution >= 0.6 is 11.8 Å². The topological polar surface area (TPSA) is 77.2 Å². The third-order valence-electron chi connectivity index (χ3n) is 2.93. The second-order valence-electron chi connectivity index (χ2n) is 4.75. The lowest BCUT2D eigenvalue weighted by atomic mass is 10.3. The fraction of sp³-hybridized carbons (Fsp3) is 0.118. The molecule has 3 aromatic rings. The van der Waals surface area contributed by atoms with Crippen LogP contribution in [0.1, 0.15) is 5.89 Å². The second-order valence-corrected chi connectivity index (χ2v) is 5.80. The normalized spacial score (nSPS) is 10.3. The molecular formula is C17H15N3O3S. The van der Waals surface area contributed by atoms with Gasteiger partial charge in [-0.05, 0) is 24.3 Å². The minimum absolute atomic E-state index is 0.0697. The van der Waals surface area contributed by atoms with E-state index in [1.807, 2.05) is 48.5 Å². The number of benzene rings is 2. The monoisotopic (exact) mass is 341 g/mol. The molecule has 1 amide bonds. The molecule has 7 heteroatoms. The smallest absolute Gasteiger partial charge is 0.322 e. The average molecular weight is 341 g/mol. The maximum Gasteiger partial charge on any atom is 0.322 e. The summed E-state index contributed by atoms with van der Waals surface area (Å²) in [6, 6.07) is 19.1. The predicted molar refractivity (Wildman–Crippen MR) is 90.9 cm³/mol. The van der Waals surface area contributed by atoms with E-state index in [1.165, 1.54) is 0 Å². The summed E-state index contributed by atoms with van der Waals surface area (Å²) in [5.41, 5.74) is 0. The molecule has 0 spiro atoms. The van der Waals surface area contributed by atoms with E-state index in [1.54, 1.807) is 23.9 Å². The van der Waals surface area contributed by atoms with Crippen LogP contribution < -0.4 is 10.1 Å². The zero-order valence-corrected chi connectivity index (χ0v) is 13.5. The standard InChI is InChI=1S/C17H15N3O3S/c21-15(11-22-13-7-3-1-4-8-13)18-17-20-19-16(23-17)12-24-14-9-5-2-6-10-14/h1-10H,11-12H2,(H,18,20,21). The van der Waals surface area contributed by atoms with Gasteiger partial charge in [-0.15, -0.1) is 16.9 Å². The van der Waals surface area contributed by atoms with Crippen LogP contribution in [0.4, 0.5) is 6.01 Å². The molecule has 0 unspecified atom stereocenters. The summed E-state index contributed by atoms with van der Waals surface area (Å²) in [6.45, 7) is -0.125. The summed E-state index contributed by atoms with van der Waals surface area (Å²) in [5.74, 6) is 1.25. The Morgan fingerprint density at radius 3 is 2.50 bits per heavy atom. The Balaban J connectivity index is 1.46. The van der Waals surface area contributed by atoms with Crippen LogP contribution in [0.15, 0.2) is 70.0 Å². The summed E-state index contributed by atoms with van der Waals surface area (Å²) in [7, 11) is 0. The van der Waals surface area contributed by atoms with Gasteiger partial charge in [0.1, 0.15) is 5.75 Å². The number of carbonyl (C=O) groups excluding carboxylic acids is 1. The number of aromatic nitrogens is 2. The van der Waals surface area contributed by atoms with Crippen molar-refractivity contribution in [3.63, 3.8) is 0 Å². The molecule has 6 nitrogen and oxygen atoms in total. The molecule has 24 heavy (non-hydrogen) atoms. The lowest BCUT2D eigenvalue weighted by Gasteiger charge is -2.04. The van der Waals surface area contributed by atoms with Gasteiger partial charge in [0.05, 0.1) is 5.75 Å². The number of rotatable bonds is 7. The van der Waals surface area contributed by atoms with E-state index < -0.39 is 0 Å². The predicted octanol–water partition coefficient (Wildman–Crippen LogP) is 3.38. The maximum absolute atomic E-state index is 11.8. The zero-order valence-electron chi connectivity index (χ0n) is 12.7. The number of ether oxygens (including phenoxy) is 1. The first kappa shape index (κ1) is 16.1. The molecule has 122 valence electrons. The first-order valence-corrected chi connectivity index (χ1v) is 8.26. The van der Waals surface area contributed by atoms with Gasteiger partial charge in [0, 0.05) is 4.90 Å². The number of thioether (sulfide) groups is 1. The molecule has 0 atom stereocenters. The van der Waals surface area contributed by atoms with Crippen molar-refractivity contribution in [2.45, 2.75) is 10.6 Å². The first-order chi connectivity index (χ1) is 11.8. The van der Waals surface area contributed by atoms with Gasteiger partial charge in [-0.1, -0.05) is 41.5 Å². The van der Waals surface area contributed by atoms with Gasteiger partial charge in [0.15, 0.2) is 6.61 Å². The van der Waals surface area contributed by atoms with Crippen LogP contribution in [0.5, 0.6) is 5.75 Å². The zero-order chi connectivity index (χ0) is 16.6. The molecule has 1 aromatic heterocycles. The van der Waals surface area contributed by atoms with E-state index in [9.17, 15) is 4.79 Å². The van der Waals surface area contributed by atoms with E-state index in [0.29, 0.717) is 17.4 Å². The summed E-state index contributed by atoms with van der Waals surface area (Å²) in [4.78, 5) is 12.9. The van der Waals surface area contributed by atoms with Gasteiger partial charge in [-0.3, -0.25) is 10.1 Å². The van der Waals surface area contributed by atoms with Gasteiger partial charge in [0.2, 0.25) is 5.89 Å². The van der Waals surface area contributed by atoms with Crippen molar-refractivity contribution in [1.29, 1.82) is 0 Å². The third-order valence-corrected chi connectivity index (χ3v) is 3.93. The third kappa shape index (κ3) is 4.85. The Morgan fingerprint density at radius 2 is 1.75 bits per heavy atom. The Labute approximate surface area is 143 Å². The minimum atomic E-state index is -0.357. The van der Waals surface area contributed by atoms with Crippen LogP contribution in [0, 0.1) is 0 Å². The van der Waals surface area contributed by atoms with Crippen LogP contribution in [0.2, 0.25) is 0 Å². The highest BCUT2D eigenvalue weighted by atomic mass is 32.2. The number of para-hydroxylation sites is 1. The van der Waals surface area contributed by atoms with E-state index in [0.717, 1.165) is 4.90 Å². The molecule has 0 radical (unpaired) electrons. The van der Waals surface area contributed by atoms with E-state index >= 15 is 0 Å². The molecule has 0 aliphatic rings. The quantitative estimate of drug-likeness (QED) is 0.664. The highest BCUT2D eigenvalue weighted by Gasteiger charge is 2.10. The average Bonchev–Trinajstić information content (AvgIpc) is 3.07. The van der Waals surface area contributed by atoms with Crippen molar-refractivity contribution in [3.05, 3.63) is 66.6 Å². The minimum Gasteiger partial charge on any atom is -0.484 e. The fourth-order valence-corrected chi connectivity index (χ4v) is 2.60. The molecule has 0 aliphatic carbocycles. The van der Waals surface area contributed by atoms with Crippen LogP contribution in [0.25, 0.3) is 0 Å². The number of nitrogens with zero attached hydrogens (tertiary/aromatic N) is 2. The van der Waals surface area contributed by atoms with Crippen molar-refractivity contribution in [3.8, 4) is 5.75 Å². The summed E-state index contributed by atoms with van der Waals surface area (Å²) >= 11 is 1.58. The molecule has 0 saturated carbocycles. The molecule has 1 heterocycles. The van der Waals surface area contributed by atoms with Crippen molar-refractivity contribution in [1.82, 2.24) is 10.2 Å². The number of amides is 1. The molecule has 2 aromatic carbocycles. The van der Waals surface area contributed by atoms with Crippen molar-refractivity contribution >= 4 is 23.7 Å². The van der Waals surface area contributed by atoms with E-state index in [-0.39, 0.29) is 18.5 Å². The lowest BCUT2D eigenvalue weighted by Crippen LogP contribution is -2.20. The summed E-state index contributed by atoms with van der Waals surface area (Å²) in [6.07, 6.45) is 0. The highest BCUT2D eigenvalue weighted by Crippen LogP contribution is 2.22. The maximum atomic E-state index is 11.8. The number of hydrogen-bond donors (Lipinski definition) is 1. The molecule has 0 saturated heterocycles. The lowest BCUT2D eigenvalue weighted by molar-refractivity contribution is -0.118. The van der Waals surface area contributed by atoms with Crippen LogP contribution in [-0.2, 0) is 10.5 Å². The summed E-state index contributed by atoms with van der Waals surface area (Å²) in [5, 5.41) is 10.2. The summed E-state index contributed by atoms with van der Waals surface area (Å²) < 4.78 is 10.7. The Bertz CT molecular complexity index is 778. The SMILES string of the molecule is O=C(COc1ccccc1)Nc1nnc(CSc2ccccc2)o1. The molecule has 0 fully saturated rings.